The van der Waals surface area contributed by atoms with Crippen LogP contribution in [0.15, 0.2) is 139 Å². The third-order valence-electron chi connectivity index (χ3n) is 19.7. The molecule has 0 spiro atoms. The topological polar surface area (TPSA) is 9.72 Å². The van der Waals surface area contributed by atoms with E-state index in [0.29, 0.717) is 11.4 Å². The van der Waals surface area contributed by atoms with E-state index in [1.807, 2.05) is 16.2 Å². The number of hydrogen-bond acceptors (Lipinski definition) is 4. The lowest BCUT2D eigenvalue weighted by molar-refractivity contribution is 0.332. The minimum absolute atomic E-state index is 0.00571. The second kappa shape index (κ2) is 16.7. The summed E-state index contributed by atoms with van der Waals surface area (Å²) in [6.07, 6.45) is 6.55. The van der Waals surface area contributed by atoms with Gasteiger partial charge in [-0.3, -0.25) is 0 Å². The number of anilines is 9. The van der Waals surface area contributed by atoms with Gasteiger partial charge in [-0.15, -0.1) is 11.3 Å². The van der Waals surface area contributed by atoms with E-state index >= 15 is 0 Å². The fourth-order valence-corrected chi connectivity index (χ4v) is 15.8. The lowest BCUT2D eigenvalue weighted by Gasteiger charge is -2.48. The SMILES string of the molecule is [2H]c1c([2H])c([2H])c(N(c2ccc(C(C)(C)C)cc2)c2cc3c4c(c2)N(c2ccc5c(c2)C(C)(C)CCC5(C)C)c2c(sc5ccccc25)B4c2cc4c(cc2N3c2ccc3c(c2)C(C)(C)CCC3(C)C)C(C)(C)CCC4(C)C)c([2H])c1[2H]. The van der Waals surface area contributed by atoms with Gasteiger partial charge in [-0.1, -0.05) is 171 Å². The molecule has 3 aliphatic carbocycles. The summed E-state index contributed by atoms with van der Waals surface area (Å²) in [4.78, 5) is 7.09. The van der Waals surface area contributed by atoms with Gasteiger partial charge in [0.25, 0.3) is 6.71 Å². The maximum Gasteiger partial charge on any atom is 0.264 e. The van der Waals surface area contributed by atoms with Gasteiger partial charge in [0, 0.05) is 54.7 Å². The molecule has 3 heterocycles. The summed E-state index contributed by atoms with van der Waals surface area (Å²) in [5.74, 6) is 0. The van der Waals surface area contributed by atoms with Crippen LogP contribution >= 0.6 is 11.3 Å². The van der Waals surface area contributed by atoms with Crippen LogP contribution in [0.5, 0.6) is 0 Å². The van der Waals surface area contributed by atoms with E-state index < -0.39 is 6.04 Å². The molecular weight excluding hydrogens is 950 g/mol. The van der Waals surface area contributed by atoms with E-state index in [2.05, 4.69) is 223 Å². The Morgan fingerprint density at radius 2 is 0.961 bits per heavy atom. The van der Waals surface area contributed by atoms with E-state index in [4.69, 9.17) is 1.37 Å². The highest BCUT2D eigenvalue weighted by atomic mass is 32.1. The van der Waals surface area contributed by atoms with Crippen molar-refractivity contribution >= 4 is 95.0 Å². The number of fused-ring (bicyclic) bond motifs is 9. The van der Waals surface area contributed by atoms with E-state index in [1.165, 1.54) is 64.9 Å². The largest absolute Gasteiger partial charge is 0.311 e. The minimum Gasteiger partial charge on any atom is -0.311 e. The summed E-state index contributed by atoms with van der Waals surface area (Å²) in [6, 6.07) is 40.0. The predicted octanol–water partition coefficient (Wildman–Crippen LogP) is 18.8. The van der Waals surface area contributed by atoms with Crippen LogP contribution in [0.3, 0.4) is 0 Å². The molecule has 0 amide bonds. The normalized spacial score (nSPS) is 20.5. The Hall–Kier alpha value is -6.04. The van der Waals surface area contributed by atoms with Gasteiger partial charge in [-0.25, -0.2) is 0 Å². The van der Waals surface area contributed by atoms with Crippen LogP contribution in [0.2, 0.25) is 0 Å². The van der Waals surface area contributed by atoms with Gasteiger partial charge in [0.2, 0.25) is 0 Å². The first kappa shape index (κ1) is 44.9. The van der Waals surface area contributed by atoms with E-state index in [1.54, 1.807) is 0 Å². The Balaban J connectivity index is 1.22. The molecule has 5 heteroatoms. The van der Waals surface area contributed by atoms with Crippen LogP contribution in [-0.2, 0) is 37.9 Å². The molecule has 5 aliphatic rings. The molecule has 0 unspecified atom stereocenters. The number of hydrogen-bond donors (Lipinski definition) is 0. The third kappa shape index (κ3) is 7.77. The predicted molar refractivity (Wildman–Crippen MR) is 335 cm³/mol. The number of nitrogens with zero attached hydrogens (tertiary/aromatic N) is 3. The molecular formula is C72H80BN3S. The molecule has 2 aliphatic heterocycles. The number of rotatable bonds is 5. The van der Waals surface area contributed by atoms with Crippen molar-refractivity contribution in [2.45, 2.75) is 180 Å². The van der Waals surface area contributed by atoms with Crippen molar-refractivity contribution in [3.63, 3.8) is 0 Å². The van der Waals surface area contributed by atoms with Crippen molar-refractivity contribution in [2.24, 2.45) is 0 Å². The smallest absolute Gasteiger partial charge is 0.264 e. The molecule has 0 bridgehead atoms. The molecule has 0 N–H and O–H groups in total. The average Bonchev–Trinajstić information content (AvgIpc) is 1.35. The monoisotopic (exact) mass is 1030 g/mol. The zero-order valence-corrected chi connectivity index (χ0v) is 49.3. The quantitative estimate of drug-likeness (QED) is 0.159. The molecule has 0 saturated heterocycles. The van der Waals surface area contributed by atoms with Crippen LogP contribution in [-0.4, -0.2) is 6.71 Å². The first-order valence-corrected chi connectivity index (χ1v) is 29.4. The molecule has 77 heavy (non-hydrogen) atoms. The van der Waals surface area contributed by atoms with E-state index in [-0.39, 0.29) is 74.5 Å². The van der Waals surface area contributed by atoms with Crippen LogP contribution in [0.25, 0.3) is 10.1 Å². The van der Waals surface area contributed by atoms with Crippen molar-refractivity contribution in [1.29, 1.82) is 0 Å². The summed E-state index contributed by atoms with van der Waals surface area (Å²) >= 11 is 1.92. The van der Waals surface area contributed by atoms with Crippen LogP contribution in [0.1, 0.15) is 188 Å². The summed E-state index contributed by atoms with van der Waals surface area (Å²) in [7, 11) is 0. The lowest BCUT2D eigenvalue weighted by Crippen LogP contribution is -2.61. The fourth-order valence-electron chi connectivity index (χ4n) is 14.5. The number of thiophene rings is 1. The number of benzene rings is 7. The molecule has 7 aromatic carbocycles. The van der Waals surface area contributed by atoms with E-state index in [9.17, 15) is 5.48 Å². The molecule has 0 saturated carbocycles. The Bertz CT molecular complexity index is 4000. The van der Waals surface area contributed by atoms with Crippen LogP contribution in [0.4, 0.5) is 51.2 Å². The summed E-state index contributed by atoms with van der Waals surface area (Å²) < 4.78 is 49.4. The molecule has 0 atom stereocenters. The van der Waals surface area contributed by atoms with Crippen molar-refractivity contribution in [3.8, 4) is 0 Å². The van der Waals surface area contributed by atoms with Gasteiger partial charge in [0.1, 0.15) is 0 Å². The lowest BCUT2D eigenvalue weighted by atomic mass is 9.35. The van der Waals surface area contributed by atoms with Crippen molar-refractivity contribution < 1.29 is 6.85 Å². The maximum atomic E-state index is 9.79. The Morgan fingerprint density at radius 1 is 0.481 bits per heavy atom. The molecule has 8 aromatic rings. The molecule has 0 radical (unpaired) electrons. The second-order valence-corrected chi connectivity index (χ2v) is 29.7. The van der Waals surface area contributed by atoms with Gasteiger partial charge in [0.05, 0.1) is 18.2 Å². The average molecular weight is 1040 g/mol. The summed E-state index contributed by atoms with van der Waals surface area (Å²) in [5, 5.41) is 1.19. The summed E-state index contributed by atoms with van der Waals surface area (Å²) in [5.41, 5.74) is 19.6. The molecule has 1 aromatic heterocycles. The van der Waals surface area contributed by atoms with Crippen molar-refractivity contribution in [3.05, 3.63) is 178 Å². The summed E-state index contributed by atoms with van der Waals surface area (Å²) in [6.45, 7) is 35.4. The Morgan fingerprint density at radius 3 is 1.51 bits per heavy atom. The van der Waals surface area contributed by atoms with Gasteiger partial charge >= 0.3 is 0 Å². The van der Waals surface area contributed by atoms with Crippen molar-refractivity contribution in [1.82, 2.24) is 0 Å². The van der Waals surface area contributed by atoms with Gasteiger partial charge in [-0.2, -0.15) is 0 Å². The van der Waals surface area contributed by atoms with Gasteiger partial charge in [-0.05, 0) is 199 Å². The number of para-hydroxylation sites is 1. The van der Waals surface area contributed by atoms with Gasteiger partial charge in [0.15, 0.2) is 0 Å². The third-order valence-corrected chi connectivity index (χ3v) is 20.9. The van der Waals surface area contributed by atoms with Crippen LogP contribution < -0.4 is 30.4 Å². The van der Waals surface area contributed by atoms with Crippen molar-refractivity contribution in [2.75, 3.05) is 14.7 Å². The van der Waals surface area contributed by atoms with E-state index in [0.717, 1.165) is 72.5 Å². The minimum atomic E-state index is -0.414. The van der Waals surface area contributed by atoms with Gasteiger partial charge < -0.3 is 14.7 Å². The second-order valence-electron chi connectivity index (χ2n) is 28.6. The fraction of sp³-hybridized carbons (Fsp3) is 0.389. The highest BCUT2D eigenvalue weighted by molar-refractivity contribution is 7.33. The maximum absolute atomic E-state index is 9.79. The first-order chi connectivity index (χ1) is 38.3. The molecule has 3 nitrogen and oxygen atoms in total. The zero-order chi connectivity index (χ0) is 58.5. The first-order valence-electron chi connectivity index (χ1n) is 31.1. The molecule has 392 valence electrons. The molecule has 13 rings (SSSR count). The molecule has 0 fully saturated rings. The van der Waals surface area contributed by atoms with Crippen LogP contribution in [0, 0.1) is 0 Å². The highest BCUT2D eigenvalue weighted by Crippen LogP contribution is 2.56. The standard InChI is InChI=1S/C72H80BN3S/c1-66(2,3)45-25-27-47(28-26-45)74(46-21-17-16-18-22-46)50-41-60-63-61(42-50)76(49-30-32-53-55(40-49)70(10,11)36-34-68(53,6)7)64-51-23-19-20-24-62(51)77-65(64)73(63)58-43-56-57(72(14,15)38-37-71(56,12)13)44-59(58)75(60)48-29-31-52-54(39-48)69(8,9)35-33-67(52,4)5/h16-32,39-44H,33-38H2,1-15H3/i16D,17D,18D,21D,22D. The Labute approximate surface area is 472 Å². The zero-order valence-electron chi connectivity index (χ0n) is 53.5. The highest BCUT2D eigenvalue weighted by Gasteiger charge is 2.49. The Kier molecular flexibility index (Phi) is 9.76.